The van der Waals surface area contributed by atoms with E-state index in [0.717, 1.165) is 6.92 Å². The molecule has 7 unspecified atom stereocenters. The molecule has 0 saturated carbocycles. The third kappa shape index (κ3) is 11.9. The molecule has 62 heavy (non-hydrogen) atoms. The van der Waals surface area contributed by atoms with E-state index in [1.165, 1.54) is 0 Å². The van der Waals surface area contributed by atoms with E-state index in [0.29, 0.717) is 25.8 Å². The molecule has 27 heteroatoms. The lowest BCUT2D eigenvalue weighted by molar-refractivity contribution is -0.398. The SMILES string of the molecule is CC(=O)NC1[C@@H](OC2C(O)[C@H](O)[C@H]([C@@H](O)CO)O[C@@H]2OC2[C@H](O)C([C@@H](O)CO)O[C@H](O[C@H]3C([C@H](O)CO)O[C@@](OCCCCCN)(C(=O)O)C[C@H]3O)[C@@H]2O)OC(CO)[C@@H](O)[C@H]1O. The van der Waals surface area contributed by atoms with Gasteiger partial charge in [-0.3, -0.25) is 4.79 Å². The summed E-state index contributed by atoms with van der Waals surface area (Å²) in [7, 11) is 0. The standard InChI is InChI=1S/C35H62N2O25/c1-12(42)37-18-20(48)19(47)17(11-41)56-31(18)61-30-22(50)21(49)25(14(44)8-38)58-33(30)60-29-23(51)26(15(45)9-39)57-32(24(29)52)59-27-13(43)7-35(34(53)54,55-6-4-2-3-5-36)62-28(27)16(46)10-40/h13-33,38-41,43-52H,2-11,36H2,1H3,(H,37,42)(H,53,54)/t13-,14+,15+,16-,17?,18?,19-,20+,21+,22?,23-,24-,25+,26?,27-,28?,29?,30?,31-,32-,33-,35-/m1/s1. The minimum Gasteiger partial charge on any atom is -0.477 e. The highest BCUT2D eigenvalue weighted by Gasteiger charge is 2.59. The van der Waals surface area contributed by atoms with E-state index >= 15 is 0 Å². The van der Waals surface area contributed by atoms with Crippen molar-refractivity contribution in [2.75, 3.05) is 39.6 Å². The minimum atomic E-state index is -2.59. The molecule has 4 aliphatic rings. The Labute approximate surface area is 353 Å². The Morgan fingerprint density at radius 3 is 1.81 bits per heavy atom. The lowest BCUT2D eigenvalue weighted by atomic mass is 9.91. The van der Waals surface area contributed by atoms with Crippen molar-refractivity contribution in [1.82, 2.24) is 5.32 Å². The Morgan fingerprint density at radius 2 is 1.24 bits per heavy atom. The van der Waals surface area contributed by atoms with Gasteiger partial charge >= 0.3 is 5.97 Å². The van der Waals surface area contributed by atoms with E-state index < -0.39 is 179 Å². The van der Waals surface area contributed by atoms with Crippen molar-refractivity contribution in [2.45, 2.75) is 167 Å². The van der Waals surface area contributed by atoms with Crippen LogP contribution in [0.1, 0.15) is 32.6 Å². The molecule has 0 aromatic carbocycles. The summed E-state index contributed by atoms with van der Waals surface area (Å²) in [5.41, 5.74) is 5.50. The molecule has 4 heterocycles. The van der Waals surface area contributed by atoms with Crippen molar-refractivity contribution in [3.8, 4) is 0 Å². The van der Waals surface area contributed by atoms with Crippen LogP contribution in [0.15, 0.2) is 0 Å². The summed E-state index contributed by atoms with van der Waals surface area (Å²) in [5.74, 6) is -5.09. The van der Waals surface area contributed by atoms with Crippen molar-refractivity contribution in [3.05, 3.63) is 0 Å². The number of unbranched alkanes of at least 4 members (excludes halogenated alkanes) is 2. The van der Waals surface area contributed by atoms with Crippen LogP contribution in [-0.4, -0.2) is 263 Å². The van der Waals surface area contributed by atoms with Crippen molar-refractivity contribution < 1.29 is 124 Å². The summed E-state index contributed by atoms with van der Waals surface area (Å²) in [6.07, 6.45) is -39.7. The molecular weight excluding hydrogens is 848 g/mol. The molecule has 1 amide bonds. The molecule has 27 nitrogen and oxygen atoms in total. The van der Waals surface area contributed by atoms with Crippen LogP contribution in [0.4, 0.5) is 0 Å². The van der Waals surface area contributed by atoms with Gasteiger partial charge in [0.2, 0.25) is 5.91 Å². The number of carboxylic acids is 1. The smallest absolute Gasteiger partial charge is 0.364 e. The van der Waals surface area contributed by atoms with Gasteiger partial charge in [-0.1, -0.05) is 0 Å². The molecule has 22 atom stereocenters. The predicted molar refractivity (Wildman–Crippen MR) is 195 cm³/mol. The minimum absolute atomic E-state index is 0.199. The second-order valence-corrected chi connectivity index (χ2v) is 15.5. The number of hydrogen-bond donors (Lipinski definition) is 17. The van der Waals surface area contributed by atoms with Gasteiger partial charge in [-0.2, -0.15) is 0 Å². The highest BCUT2D eigenvalue weighted by Crippen LogP contribution is 2.38. The van der Waals surface area contributed by atoms with Gasteiger partial charge in [-0.05, 0) is 25.8 Å². The molecule has 4 rings (SSSR count). The van der Waals surface area contributed by atoms with Gasteiger partial charge in [0, 0.05) is 13.3 Å². The molecule has 4 aliphatic heterocycles. The number of aliphatic carboxylic acids is 1. The van der Waals surface area contributed by atoms with E-state index in [1.807, 2.05) is 0 Å². The summed E-state index contributed by atoms with van der Waals surface area (Å²) in [6.45, 7) is -2.98. The summed E-state index contributed by atoms with van der Waals surface area (Å²) in [4.78, 5) is 24.6. The van der Waals surface area contributed by atoms with E-state index in [-0.39, 0.29) is 6.61 Å². The largest absolute Gasteiger partial charge is 0.477 e. The number of nitrogens with one attached hydrogen (secondary N) is 1. The van der Waals surface area contributed by atoms with Gasteiger partial charge < -0.3 is 126 Å². The third-order valence-electron chi connectivity index (χ3n) is 11.0. The van der Waals surface area contributed by atoms with Gasteiger partial charge in [0.05, 0.1) is 39.1 Å². The average molecular weight is 911 g/mol. The monoisotopic (exact) mass is 910 g/mol. The molecule has 0 aliphatic carbocycles. The summed E-state index contributed by atoms with van der Waals surface area (Å²) in [6, 6.07) is -1.65. The molecule has 0 spiro atoms. The van der Waals surface area contributed by atoms with Gasteiger partial charge in [0.25, 0.3) is 5.79 Å². The Balaban J connectivity index is 1.69. The molecule has 0 radical (unpaired) electrons. The van der Waals surface area contributed by atoms with Crippen molar-refractivity contribution >= 4 is 11.9 Å². The predicted octanol–water partition coefficient (Wildman–Crippen LogP) is -9.89. The van der Waals surface area contributed by atoms with E-state index in [2.05, 4.69) is 5.32 Å². The van der Waals surface area contributed by atoms with Crippen LogP contribution in [0, 0.1) is 0 Å². The molecule has 0 aromatic rings. The van der Waals surface area contributed by atoms with Gasteiger partial charge in [0.1, 0.15) is 104 Å². The van der Waals surface area contributed by atoms with Crippen LogP contribution in [0.5, 0.6) is 0 Å². The van der Waals surface area contributed by atoms with Gasteiger partial charge in [0.15, 0.2) is 18.9 Å². The Hall–Kier alpha value is -1.98. The van der Waals surface area contributed by atoms with Crippen molar-refractivity contribution in [2.24, 2.45) is 5.73 Å². The molecule has 4 saturated heterocycles. The van der Waals surface area contributed by atoms with Crippen LogP contribution in [0.3, 0.4) is 0 Å². The molecule has 4 fully saturated rings. The zero-order valence-corrected chi connectivity index (χ0v) is 33.6. The number of amides is 1. The summed E-state index contributed by atoms with van der Waals surface area (Å²) in [5, 5.41) is 162. The topological polar surface area (TPSA) is 449 Å². The summed E-state index contributed by atoms with van der Waals surface area (Å²) < 4.78 is 45.7. The molecule has 0 aromatic heterocycles. The third-order valence-corrected chi connectivity index (χ3v) is 11.0. The Kier molecular flexibility index (Phi) is 19.9. The van der Waals surface area contributed by atoms with Crippen LogP contribution < -0.4 is 11.1 Å². The van der Waals surface area contributed by atoms with Crippen molar-refractivity contribution in [3.63, 3.8) is 0 Å². The molecule has 18 N–H and O–H groups in total. The van der Waals surface area contributed by atoms with Crippen molar-refractivity contribution in [1.29, 1.82) is 0 Å². The first-order valence-electron chi connectivity index (χ1n) is 20.0. The number of carbonyl (C=O) groups is 2. The first kappa shape index (κ1) is 52.6. The number of hydrogen-bond acceptors (Lipinski definition) is 25. The maximum atomic E-state index is 12.5. The molecule has 0 bridgehead atoms. The van der Waals surface area contributed by atoms with E-state index in [1.54, 1.807) is 0 Å². The van der Waals surface area contributed by atoms with Crippen LogP contribution in [-0.2, 0) is 47.5 Å². The lowest BCUT2D eigenvalue weighted by Gasteiger charge is -2.51. The number of nitrogens with two attached hydrogens (primary N) is 1. The number of ether oxygens (including phenoxy) is 8. The number of carboxylic acid groups (broad SMARTS) is 1. The quantitative estimate of drug-likeness (QED) is 0.0475. The van der Waals surface area contributed by atoms with Crippen LogP contribution >= 0.6 is 0 Å². The fourth-order valence-corrected chi connectivity index (χ4v) is 7.61. The second kappa shape index (κ2) is 23.5. The van der Waals surface area contributed by atoms with Gasteiger partial charge in [-0.25, -0.2) is 4.79 Å². The highest BCUT2D eigenvalue weighted by atomic mass is 16.8. The zero-order valence-electron chi connectivity index (χ0n) is 33.6. The Bertz CT molecular complexity index is 1390. The first-order chi connectivity index (χ1) is 29.3. The number of aliphatic hydroxyl groups is 14. The summed E-state index contributed by atoms with van der Waals surface area (Å²) >= 11 is 0. The molecule has 362 valence electrons. The maximum absolute atomic E-state index is 12.5. The highest BCUT2D eigenvalue weighted by molar-refractivity contribution is 5.76. The fourth-order valence-electron chi connectivity index (χ4n) is 7.61. The van der Waals surface area contributed by atoms with E-state index in [9.17, 15) is 86.2 Å². The Morgan fingerprint density at radius 1 is 0.677 bits per heavy atom. The molecular formula is C35H62N2O25. The number of rotatable bonds is 21. The average Bonchev–Trinajstić information content (AvgIpc) is 3.24. The first-order valence-corrected chi connectivity index (χ1v) is 20.0. The second-order valence-electron chi connectivity index (χ2n) is 15.5. The van der Waals surface area contributed by atoms with Crippen LogP contribution in [0.2, 0.25) is 0 Å². The van der Waals surface area contributed by atoms with Crippen LogP contribution in [0.25, 0.3) is 0 Å². The number of carbonyl (C=O) groups excluding carboxylic acids is 1. The lowest BCUT2D eigenvalue weighted by Crippen LogP contribution is -2.70. The van der Waals surface area contributed by atoms with E-state index in [4.69, 9.17) is 43.6 Å². The normalized spacial score (nSPS) is 43.1. The maximum Gasteiger partial charge on any atom is 0.364 e. The van der Waals surface area contributed by atoms with Gasteiger partial charge in [-0.15, -0.1) is 0 Å². The zero-order chi connectivity index (χ0) is 46.2. The fraction of sp³-hybridized carbons (Fsp3) is 0.943. The number of aliphatic hydroxyl groups excluding tert-OH is 14.